The van der Waals surface area contributed by atoms with Crippen LogP contribution in [-0.4, -0.2) is 4.57 Å². The van der Waals surface area contributed by atoms with Crippen LogP contribution in [0.3, 0.4) is 0 Å². The fraction of sp³-hybridized carbons (Fsp3) is 0.0149. The van der Waals surface area contributed by atoms with Crippen molar-refractivity contribution in [1.82, 2.24) is 4.57 Å². The van der Waals surface area contributed by atoms with E-state index in [1.165, 1.54) is 115 Å². The standard InChI is InChI=1S/C67H43N/c1-4-18-44(19-5-1)45-32-35-58-59-36-34-51(42-65(59)67(64(58)41-45,49-22-6-2-7-23-49)50-24-8-3-9-25-50)68-43-63(61-39-47-21-11-13-27-53(47)55-29-15-17-31-57(55)61)62-40-48(33-37-66(62)68)60-38-46-20-10-12-26-52(46)54-28-14-16-30-56(54)60/h1-43H. The zero-order valence-corrected chi connectivity index (χ0v) is 37.3. The first-order valence-electron chi connectivity index (χ1n) is 23.7. The van der Waals surface area contributed by atoms with Gasteiger partial charge in [-0.3, -0.25) is 0 Å². The SMILES string of the molecule is c1ccc(-c2ccc3c(c2)C(c2ccccc2)(c2ccccc2)c2cc(-n4cc(-c5cc6ccccc6c6ccccc56)c5cc(-c6cc7ccccc7c7ccccc67)ccc54)ccc2-3)cc1. The first-order chi connectivity index (χ1) is 33.7. The number of rotatable bonds is 6. The van der Waals surface area contributed by atoms with Gasteiger partial charge in [-0.2, -0.15) is 0 Å². The predicted molar refractivity (Wildman–Crippen MR) is 287 cm³/mol. The summed E-state index contributed by atoms with van der Waals surface area (Å²) in [7, 11) is 0. The Kier molecular flexibility index (Phi) is 8.57. The van der Waals surface area contributed by atoms with Crippen LogP contribution in [0.1, 0.15) is 22.3 Å². The zero-order valence-electron chi connectivity index (χ0n) is 37.3. The van der Waals surface area contributed by atoms with Crippen molar-refractivity contribution in [2.45, 2.75) is 5.41 Å². The van der Waals surface area contributed by atoms with E-state index in [1.807, 2.05) is 0 Å². The van der Waals surface area contributed by atoms with Crippen molar-refractivity contribution in [3.63, 3.8) is 0 Å². The topological polar surface area (TPSA) is 4.93 Å². The molecule has 316 valence electrons. The molecule has 0 radical (unpaired) electrons. The second kappa shape index (κ2) is 15.1. The fourth-order valence-corrected chi connectivity index (χ4v) is 11.8. The molecule has 1 aromatic heterocycles. The quantitative estimate of drug-likeness (QED) is 0.147. The molecule has 0 spiro atoms. The lowest BCUT2D eigenvalue weighted by Gasteiger charge is -2.34. The molecular formula is C67H43N. The van der Waals surface area contributed by atoms with E-state index in [0.29, 0.717) is 0 Å². The highest BCUT2D eigenvalue weighted by atomic mass is 15.0. The maximum absolute atomic E-state index is 2.49. The molecule has 1 nitrogen and oxygen atoms in total. The Morgan fingerprint density at radius 3 is 1.38 bits per heavy atom. The van der Waals surface area contributed by atoms with Crippen LogP contribution in [0.25, 0.3) is 104 Å². The second-order valence-electron chi connectivity index (χ2n) is 18.4. The van der Waals surface area contributed by atoms with E-state index < -0.39 is 5.41 Å². The van der Waals surface area contributed by atoms with Crippen molar-refractivity contribution in [3.8, 4) is 50.2 Å². The molecule has 0 amide bonds. The van der Waals surface area contributed by atoms with Gasteiger partial charge in [-0.1, -0.05) is 212 Å². The minimum atomic E-state index is -0.571. The van der Waals surface area contributed by atoms with E-state index in [-0.39, 0.29) is 0 Å². The Morgan fingerprint density at radius 2 is 0.750 bits per heavy atom. The van der Waals surface area contributed by atoms with E-state index in [4.69, 9.17) is 0 Å². The largest absolute Gasteiger partial charge is 0.316 e. The van der Waals surface area contributed by atoms with Crippen LogP contribution in [0.15, 0.2) is 261 Å². The van der Waals surface area contributed by atoms with Gasteiger partial charge in [-0.25, -0.2) is 0 Å². The highest BCUT2D eigenvalue weighted by molar-refractivity contribution is 6.18. The summed E-state index contributed by atoms with van der Waals surface area (Å²) in [5.41, 5.74) is 16.7. The molecule has 0 bridgehead atoms. The van der Waals surface area contributed by atoms with Gasteiger partial charge in [0.15, 0.2) is 0 Å². The van der Waals surface area contributed by atoms with Gasteiger partial charge in [-0.05, 0) is 147 Å². The molecule has 0 N–H and O–H groups in total. The number of nitrogens with zero attached hydrogens (tertiary/aromatic N) is 1. The van der Waals surface area contributed by atoms with Gasteiger partial charge in [0.2, 0.25) is 0 Å². The van der Waals surface area contributed by atoms with E-state index in [2.05, 4.69) is 266 Å². The monoisotopic (exact) mass is 861 g/mol. The predicted octanol–water partition coefficient (Wildman–Crippen LogP) is 17.6. The van der Waals surface area contributed by atoms with Crippen molar-refractivity contribution in [2.24, 2.45) is 0 Å². The van der Waals surface area contributed by atoms with Crippen LogP contribution in [0.2, 0.25) is 0 Å². The summed E-state index contributed by atoms with van der Waals surface area (Å²) in [4.78, 5) is 0. The lowest BCUT2D eigenvalue weighted by molar-refractivity contribution is 0.767. The summed E-state index contributed by atoms with van der Waals surface area (Å²) < 4.78 is 2.45. The molecule has 1 heterocycles. The molecule has 0 fully saturated rings. The summed E-state index contributed by atoms with van der Waals surface area (Å²) in [5.74, 6) is 0. The lowest BCUT2D eigenvalue weighted by Crippen LogP contribution is -2.28. The maximum atomic E-state index is 2.49. The second-order valence-corrected chi connectivity index (χ2v) is 18.4. The van der Waals surface area contributed by atoms with Crippen LogP contribution in [-0.2, 0) is 5.41 Å². The van der Waals surface area contributed by atoms with Gasteiger partial charge in [0.1, 0.15) is 0 Å². The minimum absolute atomic E-state index is 0.571. The van der Waals surface area contributed by atoms with Crippen molar-refractivity contribution in [1.29, 1.82) is 0 Å². The summed E-state index contributed by atoms with van der Waals surface area (Å²) >= 11 is 0. The summed E-state index contributed by atoms with van der Waals surface area (Å²) in [6.45, 7) is 0. The van der Waals surface area contributed by atoms with Crippen LogP contribution < -0.4 is 0 Å². The van der Waals surface area contributed by atoms with Gasteiger partial charge in [0.25, 0.3) is 0 Å². The number of hydrogen-bond acceptors (Lipinski definition) is 0. The highest BCUT2D eigenvalue weighted by Crippen LogP contribution is 2.57. The molecule has 0 saturated heterocycles. The first-order valence-corrected chi connectivity index (χ1v) is 23.7. The maximum Gasteiger partial charge on any atom is 0.0714 e. The average molecular weight is 862 g/mol. The van der Waals surface area contributed by atoms with Crippen molar-refractivity contribution < 1.29 is 0 Å². The number of benzene rings is 12. The zero-order chi connectivity index (χ0) is 44.8. The van der Waals surface area contributed by atoms with Crippen molar-refractivity contribution in [2.75, 3.05) is 0 Å². The van der Waals surface area contributed by atoms with Crippen LogP contribution >= 0.6 is 0 Å². The minimum Gasteiger partial charge on any atom is -0.316 e. The molecule has 12 aromatic carbocycles. The fourth-order valence-electron chi connectivity index (χ4n) is 11.8. The molecule has 0 unspecified atom stereocenters. The van der Waals surface area contributed by atoms with Crippen LogP contribution in [0, 0.1) is 0 Å². The normalized spacial score (nSPS) is 12.8. The lowest BCUT2D eigenvalue weighted by atomic mass is 9.67. The third kappa shape index (κ3) is 5.69. The molecule has 1 heteroatoms. The number of fused-ring (bicyclic) bond motifs is 10. The van der Waals surface area contributed by atoms with Gasteiger partial charge in [-0.15, -0.1) is 0 Å². The number of hydrogen-bond donors (Lipinski definition) is 0. The van der Waals surface area contributed by atoms with Gasteiger partial charge < -0.3 is 4.57 Å². The Morgan fingerprint density at radius 1 is 0.265 bits per heavy atom. The van der Waals surface area contributed by atoms with Crippen LogP contribution in [0.4, 0.5) is 0 Å². The third-order valence-corrected chi connectivity index (χ3v) is 14.9. The van der Waals surface area contributed by atoms with Gasteiger partial charge in [0, 0.05) is 22.8 Å². The smallest absolute Gasteiger partial charge is 0.0714 e. The molecule has 0 saturated carbocycles. The molecule has 14 rings (SSSR count). The van der Waals surface area contributed by atoms with Crippen molar-refractivity contribution >= 4 is 54.0 Å². The molecule has 1 aliphatic carbocycles. The molecule has 0 aliphatic heterocycles. The molecule has 13 aromatic rings. The van der Waals surface area contributed by atoms with E-state index in [9.17, 15) is 0 Å². The Balaban J connectivity index is 1.05. The Labute approximate surface area is 395 Å². The molecular weight excluding hydrogens is 819 g/mol. The van der Waals surface area contributed by atoms with E-state index >= 15 is 0 Å². The first kappa shape index (κ1) is 38.5. The summed E-state index contributed by atoms with van der Waals surface area (Å²) in [6, 6.07) is 94.8. The molecule has 1 aliphatic rings. The average Bonchev–Trinajstić information content (AvgIpc) is 3.94. The van der Waals surface area contributed by atoms with Gasteiger partial charge >= 0.3 is 0 Å². The van der Waals surface area contributed by atoms with E-state index in [1.54, 1.807) is 0 Å². The highest BCUT2D eigenvalue weighted by Gasteiger charge is 2.46. The number of aromatic nitrogens is 1. The van der Waals surface area contributed by atoms with E-state index in [0.717, 1.165) is 11.2 Å². The van der Waals surface area contributed by atoms with Crippen LogP contribution in [0.5, 0.6) is 0 Å². The Hall–Kier alpha value is -8.78. The summed E-state index contributed by atoms with van der Waals surface area (Å²) in [6.07, 6.45) is 2.41. The molecule has 68 heavy (non-hydrogen) atoms. The third-order valence-electron chi connectivity index (χ3n) is 14.9. The Bertz CT molecular complexity index is 4080. The summed E-state index contributed by atoms with van der Waals surface area (Å²) in [5, 5.41) is 11.3. The molecule has 0 atom stereocenters. The van der Waals surface area contributed by atoms with Gasteiger partial charge in [0.05, 0.1) is 10.9 Å². The van der Waals surface area contributed by atoms with Crippen molar-refractivity contribution in [3.05, 3.63) is 283 Å².